The number of aliphatic hydroxyl groups excluding tert-OH is 1. The average molecular weight is 598 g/mol. The Labute approximate surface area is 253 Å². The summed E-state index contributed by atoms with van der Waals surface area (Å²) in [4.78, 5) is 28.5. The van der Waals surface area contributed by atoms with Gasteiger partial charge < -0.3 is 9.84 Å². The van der Waals surface area contributed by atoms with Crippen molar-refractivity contribution in [3.63, 3.8) is 0 Å². The molecule has 0 saturated carbocycles. The van der Waals surface area contributed by atoms with Gasteiger partial charge in [0.15, 0.2) is 15.9 Å². The molecule has 1 aliphatic heterocycles. The number of rotatable bonds is 12. The Morgan fingerprint density at radius 1 is 1.05 bits per heavy atom. The zero-order valence-electron chi connectivity index (χ0n) is 23.3. The van der Waals surface area contributed by atoms with Gasteiger partial charge in [-0.1, -0.05) is 116 Å². The molecule has 0 saturated heterocycles. The van der Waals surface area contributed by atoms with Gasteiger partial charge in [-0.3, -0.25) is 14.5 Å². The third-order valence-corrected chi connectivity index (χ3v) is 8.77. The van der Waals surface area contributed by atoms with Crippen LogP contribution in [0.15, 0.2) is 107 Å². The average Bonchev–Trinajstić information content (AvgIpc) is 3.57. The fourth-order valence-electron chi connectivity index (χ4n) is 4.46. The van der Waals surface area contributed by atoms with Crippen LogP contribution in [0.5, 0.6) is 5.75 Å². The Morgan fingerprint density at radius 3 is 2.52 bits per heavy atom. The lowest BCUT2D eigenvalue weighted by molar-refractivity contribution is -0.117. The Morgan fingerprint density at radius 2 is 1.79 bits per heavy atom. The number of ether oxygens (including phenoxy) is 1. The molecule has 4 aromatic rings. The summed E-state index contributed by atoms with van der Waals surface area (Å²) in [5.41, 5.74) is 2.58. The third kappa shape index (κ3) is 6.98. The Kier molecular flexibility index (Phi) is 9.51. The van der Waals surface area contributed by atoms with Crippen LogP contribution < -0.4 is 9.64 Å². The van der Waals surface area contributed by atoms with Gasteiger partial charge in [-0.25, -0.2) is 0 Å². The number of aliphatic hydroxyl groups is 1. The first-order chi connectivity index (χ1) is 20.4. The normalized spacial score (nSPS) is 15.3. The molecule has 2 heterocycles. The van der Waals surface area contributed by atoms with Crippen LogP contribution in [0.1, 0.15) is 43.0 Å². The van der Waals surface area contributed by atoms with Gasteiger partial charge in [0.05, 0.1) is 18.2 Å². The monoisotopic (exact) mass is 597 g/mol. The van der Waals surface area contributed by atoms with Gasteiger partial charge in [-0.15, -0.1) is 10.2 Å². The molecule has 0 fully saturated rings. The highest BCUT2D eigenvalue weighted by atomic mass is 32.2. The molecule has 1 N–H and O–H groups in total. The van der Waals surface area contributed by atoms with Crippen LogP contribution in [-0.4, -0.2) is 33.6 Å². The van der Waals surface area contributed by atoms with E-state index in [1.54, 1.807) is 6.08 Å². The summed E-state index contributed by atoms with van der Waals surface area (Å²) in [5.74, 6) is 0.0467. The predicted octanol–water partition coefficient (Wildman–Crippen LogP) is 7.44. The van der Waals surface area contributed by atoms with Crippen molar-refractivity contribution in [2.45, 2.75) is 36.4 Å². The van der Waals surface area contributed by atoms with Gasteiger partial charge in [0, 0.05) is 5.75 Å². The Hall–Kier alpha value is -4.21. The van der Waals surface area contributed by atoms with Crippen molar-refractivity contribution in [3.05, 3.63) is 119 Å². The molecule has 1 atom stereocenters. The maximum absolute atomic E-state index is 13.6. The molecule has 7 nitrogen and oxygen atoms in total. The first kappa shape index (κ1) is 29.3. The Balaban J connectivity index is 1.47. The lowest BCUT2D eigenvalue weighted by Crippen LogP contribution is -2.30. The minimum absolute atomic E-state index is 0.0137. The molecule has 0 spiro atoms. The highest BCUT2D eigenvalue weighted by Gasteiger charge is 2.45. The molecule has 3 aromatic carbocycles. The van der Waals surface area contributed by atoms with E-state index in [2.05, 4.69) is 24.0 Å². The number of carbonyl (C=O) groups excluding carboxylic acids is 2. The van der Waals surface area contributed by atoms with Gasteiger partial charge in [-0.05, 0) is 47.2 Å². The highest BCUT2D eigenvalue weighted by Crippen LogP contribution is 2.44. The number of allylic oxidation sites excluding steroid dienone is 1. The van der Waals surface area contributed by atoms with Crippen molar-refractivity contribution >= 4 is 46.0 Å². The highest BCUT2D eigenvalue weighted by molar-refractivity contribution is 8.00. The first-order valence-electron chi connectivity index (χ1n) is 13.7. The summed E-state index contributed by atoms with van der Waals surface area (Å²) in [7, 11) is 0. The molecule has 9 heteroatoms. The molecule has 1 aliphatic rings. The number of amides is 1. The van der Waals surface area contributed by atoms with Crippen molar-refractivity contribution in [3.8, 4) is 5.75 Å². The van der Waals surface area contributed by atoms with E-state index in [9.17, 15) is 14.7 Å². The van der Waals surface area contributed by atoms with Crippen LogP contribution in [0.25, 0.3) is 6.08 Å². The SMILES string of the molecule is CC(C)CCOc1cccc(C2C(C(=O)C=Cc3ccccc3)=C(O)C(=O)N2c2nnc(SCc3ccccc3)s2)c1. The molecular weight excluding hydrogens is 567 g/mol. The molecule has 1 unspecified atom stereocenters. The van der Waals surface area contributed by atoms with Gasteiger partial charge in [0.2, 0.25) is 5.13 Å². The minimum atomic E-state index is -0.904. The van der Waals surface area contributed by atoms with E-state index in [1.165, 1.54) is 34.1 Å². The number of hydrogen-bond acceptors (Lipinski definition) is 8. The number of ketones is 1. The van der Waals surface area contributed by atoms with Crippen molar-refractivity contribution in [1.29, 1.82) is 0 Å². The van der Waals surface area contributed by atoms with Crippen LogP contribution in [0.2, 0.25) is 0 Å². The molecule has 1 amide bonds. The smallest absolute Gasteiger partial charge is 0.296 e. The molecule has 42 heavy (non-hydrogen) atoms. The van der Waals surface area contributed by atoms with Crippen molar-refractivity contribution in [2.75, 3.05) is 11.5 Å². The zero-order valence-corrected chi connectivity index (χ0v) is 25.0. The number of benzene rings is 3. The van der Waals surface area contributed by atoms with Crippen LogP contribution in [0.4, 0.5) is 5.13 Å². The second-order valence-electron chi connectivity index (χ2n) is 10.2. The molecule has 214 valence electrons. The van der Waals surface area contributed by atoms with Crippen molar-refractivity contribution < 1.29 is 19.4 Å². The fraction of sp³-hybridized carbons (Fsp3) is 0.212. The summed E-state index contributed by atoms with van der Waals surface area (Å²) in [6, 6.07) is 25.8. The second-order valence-corrected chi connectivity index (χ2v) is 12.4. The van der Waals surface area contributed by atoms with E-state index >= 15 is 0 Å². The predicted molar refractivity (Wildman–Crippen MR) is 168 cm³/mol. The maximum atomic E-state index is 13.6. The maximum Gasteiger partial charge on any atom is 0.296 e. The molecule has 0 radical (unpaired) electrons. The molecule has 5 rings (SSSR count). The quantitative estimate of drug-likeness (QED) is 0.103. The molecular formula is C33H31N3O4S2. The summed E-state index contributed by atoms with van der Waals surface area (Å²) < 4.78 is 6.66. The van der Waals surface area contributed by atoms with Crippen LogP contribution in [0, 0.1) is 5.92 Å². The van der Waals surface area contributed by atoms with E-state index < -0.39 is 23.5 Å². The number of anilines is 1. The van der Waals surface area contributed by atoms with E-state index in [0.717, 1.165) is 17.5 Å². The number of thioether (sulfide) groups is 1. The molecule has 1 aromatic heterocycles. The number of hydrogen-bond donors (Lipinski definition) is 1. The first-order valence-corrected chi connectivity index (χ1v) is 15.5. The van der Waals surface area contributed by atoms with E-state index in [0.29, 0.717) is 39.1 Å². The topological polar surface area (TPSA) is 92.6 Å². The fourth-order valence-corrected chi connectivity index (χ4v) is 6.28. The Bertz CT molecular complexity index is 1600. The van der Waals surface area contributed by atoms with E-state index in [-0.39, 0.29) is 5.57 Å². The lowest BCUT2D eigenvalue weighted by atomic mass is 9.95. The molecule has 0 bridgehead atoms. The van der Waals surface area contributed by atoms with Crippen molar-refractivity contribution in [2.24, 2.45) is 5.92 Å². The van der Waals surface area contributed by atoms with Gasteiger partial charge in [0.25, 0.3) is 5.91 Å². The standard InChI is InChI=1S/C33H31N3O4S2/c1-22(2)18-19-40-26-15-9-14-25(20-26)29-28(27(37)17-16-23-10-5-3-6-11-23)30(38)31(39)36(29)32-34-35-33(42-32)41-21-24-12-7-4-8-13-24/h3-17,20,22,29,38H,18-19,21H2,1-2H3. The summed E-state index contributed by atoms with van der Waals surface area (Å²) in [6.07, 6.45) is 3.94. The number of aromatic nitrogens is 2. The second kappa shape index (κ2) is 13.6. The summed E-state index contributed by atoms with van der Waals surface area (Å²) in [6.45, 7) is 4.80. The summed E-state index contributed by atoms with van der Waals surface area (Å²) >= 11 is 2.76. The van der Waals surface area contributed by atoms with Crippen LogP contribution in [-0.2, 0) is 15.3 Å². The number of carbonyl (C=O) groups is 2. The van der Waals surface area contributed by atoms with Crippen molar-refractivity contribution in [1.82, 2.24) is 10.2 Å². The van der Waals surface area contributed by atoms with Crippen LogP contribution >= 0.6 is 23.1 Å². The van der Waals surface area contributed by atoms with Crippen LogP contribution in [0.3, 0.4) is 0 Å². The van der Waals surface area contributed by atoms with E-state index in [1.807, 2.05) is 84.9 Å². The van der Waals surface area contributed by atoms with Gasteiger partial charge >= 0.3 is 0 Å². The van der Waals surface area contributed by atoms with E-state index in [4.69, 9.17) is 4.74 Å². The zero-order chi connectivity index (χ0) is 29.5. The molecule has 0 aliphatic carbocycles. The lowest BCUT2D eigenvalue weighted by Gasteiger charge is -2.24. The van der Waals surface area contributed by atoms with Gasteiger partial charge in [0.1, 0.15) is 5.75 Å². The minimum Gasteiger partial charge on any atom is -0.503 e. The number of nitrogens with zero attached hydrogens (tertiary/aromatic N) is 3. The van der Waals surface area contributed by atoms with Gasteiger partial charge in [-0.2, -0.15) is 0 Å². The largest absolute Gasteiger partial charge is 0.503 e. The third-order valence-electron chi connectivity index (χ3n) is 6.65. The summed E-state index contributed by atoms with van der Waals surface area (Å²) in [5, 5.41) is 20.0.